The molecule has 0 spiro atoms. The van der Waals surface area contributed by atoms with E-state index in [1.165, 1.54) is 16.5 Å². The van der Waals surface area contributed by atoms with Gasteiger partial charge in [0, 0.05) is 41.8 Å². The molecule has 1 heterocycles. The molecule has 4 N–H and O–H groups in total. The number of halogens is 1. The van der Waals surface area contributed by atoms with Crippen LogP contribution in [0.4, 0.5) is 5.69 Å². The smallest absolute Gasteiger partial charge is 0.226 e. The zero-order valence-corrected chi connectivity index (χ0v) is 20.7. The molecule has 31 heavy (non-hydrogen) atoms. The number of para-hydroxylation sites is 1. The van der Waals surface area contributed by atoms with Crippen LogP contribution in [-0.4, -0.2) is 29.9 Å². The number of hydrogen-bond donors (Lipinski definition) is 4. The van der Waals surface area contributed by atoms with E-state index in [1.54, 1.807) is 0 Å². The summed E-state index contributed by atoms with van der Waals surface area (Å²) in [6.07, 6.45) is 2.99. The van der Waals surface area contributed by atoms with E-state index in [9.17, 15) is 4.79 Å². The van der Waals surface area contributed by atoms with Gasteiger partial charge in [-0.2, -0.15) is 0 Å². The normalized spacial score (nSPS) is 11.3. The first kappa shape index (κ1) is 24.7. The number of rotatable bonds is 8. The Balaban J connectivity index is 0.00000341. The molecular formula is C24H32IN5O. The van der Waals surface area contributed by atoms with Gasteiger partial charge in [0.25, 0.3) is 0 Å². The Kier molecular flexibility index (Phi) is 9.84. The number of carbonyl (C=O) groups excluding carboxylic acids is 1. The molecule has 6 nitrogen and oxygen atoms in total. The van der Waals surface area contributed by atoms with Gasteiger partial charge in [0.2, 0.25) is 5.91 Å². The Morgan fingerprint density at radius 2 is 1.81 bits per heavy atom. The predicted octanol–water partition coefficient (Wildman–Crippen LogP) is 4.68. The molecule has 0 unspecified atom stereocenters. The van der Waals surface area contributed by atoms with Crippen LogP contribution in [0.15, 0.2) is 59.7 Å². The number of aliphatic imine (C=N–C) groups is 1. The van der Waals surface area contributed by atoms with Crippen LogP contribution >= 0.6 is 24.0 Å². The third kappa shape index (κ3) is 7.27. The van der Waals surface area contributed by atoms with Crippen molar-refractivity contribution < 1.29 is 4.79 Å². The summed E-state index contributed by atoms with van der Waals surface area (Å²) in [6, 6.07) is 16.2. The van der Waals surface area contributed by atoms with Crippen molar-refractivity contribution in [1.82, 2.24) is 15.6 Å². The first-order valence-electron chi connectivity index (χ1n) is 10.5. The van der Waals surface area contributed by atoms with Crippen molar-refractivity contribution in [1.29, 1.82) is 0 Å². The molecule has 0 saturated heterocycles. The molecule has 0 atom stereocenters. The van der Waals surface area contributed by atoms with Gasteiger partial charge < -0.3 is 20.9 Å². The molecule has 0 aliphatic rings. The molecule has 0 radical (unpaired) electrons. The molecule has 0 fully saturated rings. The van der Waals surface area contributed by atoms with Crippen molar-refractivity contribution in [3.05, 3.63) is 65.9 Å². The topological polar surface area (TPSA) is 81.3 Å². The molecule has 0 bridgehead atoms. The van der Waals surface area contributed by atoms with E-state index >= 15 is 0 Å². The molecule has 2 aromatic carbocycles. The minimum absolute atomic E-state index is 0. The SMILES string of the molecule is CCNC(=NCc1ccc(NC(=O)C(C)C)cc1)NCCc1c[nH]c2ccccc12.I. The highest BCUT2D eigenvalue weighted by atomic mass is 127. The van der Waals surface area contributed by atoms with Crippen molar-refractivity contribution >= 4 is 52.4 Å². The lowest BCUT2D eigenvalue weighted by atomic mass is 10.1. The van der Waals surface area contributed by atoms with Crippen LogP contribution in [0.3, 0.4) is 0 Å². The van der Waals surface area contributed by atoms with E-state index in [4.69, 9.17) is 0 Å². The minimum Gasteiger partial charge on any atom is -0.361 e. The number of nitrogens with zero attached hydrogens (tertiary/aromatic N) is 1. The number of guanidine groups is 1. The Bertz CT molecular complexity index is 995. The number of anilines is 1. The summed E-state index contributed by atoms with van der Waals surface area (Å²) in [5, 5.41) is 10.9. The Labute approximate surface area is 201 Å². The molecule has 0 aliphatic carbocycles. The summed E-state index contributed by atoms with van der Waals surface area (Å²) in [7, 11) is 0. The van der Waals surface area contributed by atoms with Crippen LogP contribution in [0, 0.1) is 5.92 Å². The summed E-state index contributed by atoms with van der Waals surface area (Å²) in [4.78, 5) is 19.8. The standard InChI is InChI=1S/C24H31N5O.HI/c1-4-25-24(26-14-13-19-16-27-22-8-6-5-7-21(19)22)28-15-18-9-11-20(12-10-18)29-23(30)17(2)3;/h5-12,16-17,27H,4,13-15H2,1-3H3,(H,29,30)(H2,25,26,28);1H. The number of fused-ring (bicyclic) bond motifs is 1. The number of aromatic amines is 1. The third-order valence-corrected chi connectivity index (χ3v) is 4.87. The van der Waals surface area contributed by atoms with Gasteiger partial charge in [-0.1, -0.05) is 44.2 Å². The van der Waals surface area contributed by atoms with Crippen molar-refractivity contribution in [3.8, 4) is 0 Å². The maximum atomic E-state index is 11.8. The van der Waals surface area contributed by atoms with Gasteiger partial charge in [0.15, 0.2) is 5.96 Å². The second-order valence-electron chi connectivity index (χ2n) is 7.57. The lowest BCUT2D eigenvalue weighted by Gasteiger charge is -2.11. The molecule has 7 heteroatoms. The molecule has 0 aliphatic heterocycles. The average Bonchev–Trinajstić information content (AvgIpc) is 3.16. The first-order chi connectivity index (χ1) is 14.6. The zero-order valence-electron chi connectivity index (χ0n) is 18.4. The quantitative estimate of drug-likeness (QED) is 0.193. The average molecular weight is 533 g/mol. The molecule has 1 amide bonds. The Morgan fingerprint density at radius 1 is 1.06 bits per heavy atom. The number of nitrogens with one attached hydrogen (secondary N) is 4. The Hall–Kier alpha value is -2.55. The van der Waals surface area contributed by atoms with E-state index in [2.05, 4.69) is 57.2 Å². The summed E-state index contributed by atoms with van der Waals surface area (Å²) < 4.78 is 0. The Morgan fingerprint density at radius 3 is 2.52 bits per heavy atom. The summed E-state index contributed by atoms with van der Waals surface area (Å²) >= 11 is 0. The fourth-order valence-electron chi connectivity index (χ4n) is 3.15. The molecule has 3 aromatic rings. The van der Waals surface area contributed by atoms with Crippen molar-refractivity contribution in [2.45, 2.75) is 33.7 Å². The maximum absolute atomic E-state index is 11.8. The number of carbonyl (C=O) groups is 1. The summed E-state index contributed by atoms with van der Waals surface area (Å²) in [5.41, 5.74) is 4.37. The van der Waals surface area contributed by atoms with Crippen LogP contribution in [0.1, 0.15) is 31.9 Å². The molecule has 1 aromatic heterocycles. The molecule has 0 saturated carbocycles. The minimum atomic E-state index is -0.0349. The van der Waals surface area contributed by atoms with Crippen molar-refractivity contribution in [3.63, 3.8) is 0 Å². The lowest BCUT2D eigenvalue weighted by molar-refractivity contribution is -0.118. The molecule has 3 rings (SSSR count). The van der Waals surface area contributed by atoms with Gasteiger partial charge in [-0.3, -0.25) is 4.79 Å². The molecular weight excluding hydrogens is 501 g/mol. The van der Waals surface area contributed by atoms with E-state index in [1.807, 2.05) is 44.2 Å². The monoisotopic (exact) mass is 533 g/mol. The highest BCUT2D eigenvalue weighted by Gasteiger charge is 2.07. The number of benzene rings is 2. The van der Waals surface area contributed by atoms with E-state index < -0.39 is 0 Å². The maximum Gasteiger partial charge on any atom is 0.226 e. The highest BCUT2D eigenvalue weighted by molar-refractivity contribution is 14.0. The fraction of sp³-hybridized carbons (Fsp3) is 0.333. The lowest BCUT2D eigenvalue weighted by Crippen LogP contribution is -2.38. The van der Waals surface area contributed by atoms with E-state index in [0.717, 1.165) is 36.7 Å². The third-order valence-electron chi connectivity index (χ3n) is 4.87. The van der Waals surface area contributed by atoms with Crippen LogP contribution < -0.4 is 16.0 Å². The van der Waals surface area contributed by atoms with Gasteiger partial charge in [0.05, 0.1) is 6.54 Å². The molecule has 166 valence electrons. The number of amides is 1. The van der Waals surface area contributed by atoms with Gasteiger partial charge in [-0.15, -0.1) is 24.0 Å². The second kappa shape index (κ2) is 12.3. The van der Waals surface area contributed by atoms with Crippen LogP contribution in [-0.2, 0) is 17.8 Å². The van der Waals surface area contributed by atoms with Crippen LogP contribution in [0.25, 0.3) is 10.9 Å². The van der Waals surface area contributed by atoms with Crippen LogP contribution in [0.2, 0.25) is 0 Å². The zero-order chi connectivity index (χ0) is 21.3. The number of aromatic nitrogens is 1. The van der Waals surface area contributed by atoms with Gasteiger partial charge in [-0.05, 0) is 42.7 Å². The second-order valence-corrected chi connectivity index (χ2v) is 7.57. The van der Waals surface area contributed by atoms with E-state index in [-0.39, 0.29) is 35.8 Å². The van der Waals surface area contributed by atoms with Gasteiger partial charge in [0.1, 0.15) is 0 Å². The van der Waals surface area contributed by atoms with Crippen molar-refractivity contribution in [2.24, 2.45) is 10.9 Å². The largest absolute Gasteiger partial charge is 0.361 e. The highest BCUT2D eigenvalue weighted by Crippen LogP contribution is 2.17. The van der Waals surface area contributed by atoms with Crippen LogP contribution in [0.5, 0.6) is 0 Å². The van der Waals surface area contributed by atoms with Gasteiger partial charge in [-0.25, -0.2) is 4.99 Å². The predicted molar refractivity (Wildman–Crippen MR) is 140 cm³/mol. The number of hydrogen-bond acceptors (Lipinski definition) is 2. The summed E-state index contributed by atoms with van der Waals surface area (Å²) in [6.45, 7) is 8.00. The van der Waals surface area contributed by atoms with Gasteiger partial charge >= 0.3 is 0 Å². The van der Waals surface area contributed by atoms with Crippen molar-refractivity contribution in [2.75, 3.05) is 18.4 Å². The summed E-state index contributed by atoms with van der Waals surface area (Å²) in [5.74, 6) is 0.788. The first-order valence-corrected chi connectivity index (χ1v) is 10.5. The van der Waals surface area contributed by atoms with E-state index in [0.29, 0.717) is 6.54 Å². The fourth-order valence-corrected chi connectivity index (χ4v) is 3.15. The number of H-pyrrole nitrogens is 1.